The van der Waals surface area contributed by atoms with E-state index in [0.717, 1.165) is 23.0 Å². The Morgan fingerprint density at radius 1 is 1.35 bits per heavy atom. The molecule has 0 saturated carbocycles. The molecule has 0 amide bonds. The van der Waals surface area contributed by atoms with Gasteiger partial charge in [-0.2, -0.15) is 0 Å². The van der Waals surface area contributed by atoms with Gasteiger partial charge in [-0.05, 0) is 31.7 Å². The molecule has 0 fully saturated rings. The molecule has 0 N–H and O–H groups in total. The van der Waals surface area contributed by atoms with Crippen LogP contribution in [-0.4, -0.2) is 24.0 Å². The molecular formula is C15H19ClN2OS. The summed E-state index contributed by atoms with van der Waals surface area (Å²) in [4.78, 5) is 6.82. The fourth-order valence-electron chi connectivity index (χ4n) is 1.92. The summed E-state index contributed by atoms with van der Waals surface area (Å²) in [6, 6.07) is 8.44. The summed E-state index contributed by atoms with van der Waals surface area (Å²) < 4.78 is 5.17. The average Bonchev–Trinajstić information content (AvgIpc) is 2.96. The van der Waals surface area contributed by atoms with Gasteiger partial charge in [0, 0.05) is 11.9 Å². The first kappa shape index (κ1) is 15.3. The van der Waals surface area contributed by atoms with E-state index in [-0.39, 0.29) is 6.04 Å². The van der Waals surface area contributed by atoms with Gasteiger partial charge in [0.15, 0.2) is 0 Å². The molecule has 0 aliphatic heterocycles. The van der Waals surface area contributed by atoms with E-state index in [4.69, 9.17) is 16.3 Å². The van der Waals surface area contributed by atoms with Gasteiger partial charge in [-0.1, -0.05) is 12.1 Å². The van der Waals surface area contributed by atoms with Crippen molar-refractivity contribution in [3.05, 3.63) is 45.9 Å². The largest absolute Gasteiger partial charge is 0.497 e. The van der Waals surface area contributed by atoms with Crippen LogP contribution in [0.25, 0.3) is 0 Å². The maximum absolute atomic E-state index is 5.80. The summed E-state index contributed by atoms with van der Waals surface area (Å²) in [6.07, 6.45) is 0. The lowest BCUT2D eigenvalue weighted by molar-refractivity contribution is 0.252. The number of halogens is 1. The Bertz CT molecular complexity index is 541. The Hall–Kier alpha value is -1.10. The molecule has 2 rings (SSSR count). The molecule has 0 aliphatic carbocycles. The van der Waals surface area contributed by atoms with Crippen molar-refractivity contribution >= 4 is 22.9 Å². The third-order valence-corrected chi connectivity index (χ3v) is 4.65. The normalized spacial score (nSPS) is 12.7. The highest BCUT2D eigenvalue weighted by atomic mass is 35.5. The molecule has 0 spiro atoms. The van der Waals surface area contributed by atoms with Crippen molar-refractivity contribution in [1.29, 1.82) is 0 Å². The van der Waals surface area contributed by atoms with Crippen LogP contribution in [0.2, 0.25) is 0 Å². The van der Waals surface area contributed by atoms with E-state index in [0.29, 0.717) is 5.88 Å². The van der Waals surface area contributed by atoms with Gasteiger partial charge in [0.2, 0.25) is 0 Å². The Morgan fingerprint density at radius 2 is 2.05 bits per heavy atom. The van der Waals surface area contributed by atoms with E-state index in [2.05, 4.69) is 36.0 Å². The van der Waals surface area contributed by atoms with Crippen LogP contribution in [0.3, 0.4) is 0 Å². The van der Waals surface area contributed by atoms with Gasteiger partial charge in [-0.25, -0.2) is 4.98 Å². The van der Waals surface area contributed by atoms with Crippen LogP contribution in [0.4, 0.5) is 0 Å². The molecule has 0 radical (unpaired) electrons. The van der Waals surface area contributed by atoms with Gasteiger partial charge in [0.1, 0.15) is 10.8 Å². The van der Waals surface area contributed by atoms with Crippen LogP contribution in [0, 0.1) is 0 Å². The van der Waals surface area contributed by atoms with Crippen LogP contribution in [0.15, 0.2) is 29.6 Å². The number of nitrogens with zero attached hydrogens (tertiary/aromatic N) is 2. The van der Waals surface area contributed by atoms with E-state index in [1.54, 1.807) is 18.4 Å². The van der Waals surface area contributed by atoms with Gasteiger partial charge in [-0.3, -0.25) is 4.90 Å². The number of aromatic nitrogens is 1. The molecular weight excluding hydrogens is 292 g/mol. The molecule has 1 unspecified atom stereocenters. The maximum atomic E-state index is 5.80. The minimum Gasteiger partial charge on any atom is -0.497 e. The van der Waals surface area contributed by atoms with Gasteiger partial charge in [0.05, 0.1) is 24.7 Å². The number of hydrogen-bond donors (Lipinski definition) is 0. The zero-order valence-corrected chi connectivity index (χ0v) is 13.5. The van der Waals surface area contributed by atoms with E-state index in [9.17, 15) is 0 Å². The summed E-state index contributed by atoms with van der Waals surface area (Å²) >= 11 is 7.47. The van der Waals surface area contributed by atoms with Crippen LogP contribution >= 0.6 is 22.9 Å². The molecule has 0 aliphatic rings. The van der Waals surface area contributed by atoms with E-state index in [1.807, 2.05) is 17.5 Å². The van der Waals surface area contributed by atoms with E-state index >= 15 is 0 Å². The fourth-order valence-corrected chi connectivity index (χ4v) is 3.09. The lowest BCUT2D eigenvalue weighted by Gasteiger charge is -2.23. The summed E-state index contributed by atoms with van der Waals surface area (Å²) in [6.45, 7) is 3.04. The molecule has 0 saturated heterocycles. The first-order chi connectivity index (χ1) is 9.63. The van der Waals surface area contributed by atoms with Crippen LogP contribution in [0.5, 0.6) is 5.75 Å². The van der Waals surface area contributed by atoms with Crippen molar-refractivity contribution < 1.29 is 4.74 Å². The molecule has 20 heavy (non-hydrogen) atoms. The minimum atomic E-state index is 0.277. The number of methoxy groups -OCH3 is 1. The summed E-state index contributed by atoms with van der Waals surface area (Å²) in [5.41, 5.74) is 2.21. The monoisotopic (exact) mass is 310 g/mol. The summed E-state index contributed by atoms with van der Waals surface area (Å²) in [5.74, 6) is 1.36. The molecule has 108 valence electrons. The maximum Gasteiger partial charge on any atom is 0.118 e. The van der Waals surface area contributed by atoms with Crippen molar-refractivity contribution in [3.63, 3.8) is 0 Å². The lowest BCUT2D eigenvalue weighted by atomic mass is 10.2. The zero-order chi connectivity index (χ0) is 14.5. The Balaban J connectivity index is 2.00. The Labute approximate surface area is 129 Å². The molecule has 1 heterocycles. The SMILES string of the molecule is COc1ccc(CN(C)C(C)c2nc(CCl)cs2)cc1. The van der Waals surface area contributed by atoms with Gasteiger partial charge < -0.3 is 4.74 Å². The molecule has 0 bridgehead atoms. The number of benzene rings is 1. The molecule has 1 aromatic carbocycles. The van der Waals surface area contributed by atoms with Gasteiger partial charge in [-0.15, -0.1) is 22.9 Å². The predicted octanol–water partition coefficient (Wildman–Crippen LogP) is 4.08. The molecule has 5 heteroatoms. The quantitative estimate of drug-likeness (QED) is 0.752. The number of hydrogen-bond acceptors (Lipinski definition) is 4. The van der Waals surface area contributed by atoms with E-state index < -0.39 is 0 Å². The second-order valence-corrected chi connectivity index (χ2v) is 5.91. The third-order valence-electron chi connectivity index (χ3n) is 3.32. The van der Waals surface area contributed by atoms with Crippen molar-refractivity contribution in [3.8, 4) is 5.75 Å². The zero-order valence-electron chi connectivity index (χ0n) is 12.0. The van der Waals surface area contributed by atoms with E-state index in [1.165, 1.54) is 5.56 Å². The topological polar surface area (TPSA) is 25.4 Å². The van der Waals surface area contributed by atoms with Crippen molar-refractivity contribution in [2.45, 2.75) is 25.4 Å². The number of rotatable bonds is 6. The van der Waals surface area contributed by atoms with Crippen molar-refractivity contribution in [1.82, 2.24) is 9.88 Å². The van der Waals surface area contributed by atoms with Crippen LogP contribution in [-0.2, 0) is 12.4 Å². The Morgan fingerprint density at radius 3 is 2.60 bits per heavy atom. The summed E-state index contributed by atoms with van der Waals surface area (Å²) in [5, 5.41) is 3.14. The first-order valence-electron chi connectivity index (χ1n) is 6.47. The highest BCUT2D eigenvalue weighted by molar-refractivity contribution is 7.09. The lowest BCUT2D eigenvalue weighted by Crippen LogP contribution is -2.21. The standard InChI is InChI=1S/C15H19ClN2OS/c1-11(15-17-13(8-16)10-20-15)18(2)9-12-4-6-14(19-3)7-5-12/h4-7,10-11H,8-9H2,1-3H3. The Kier molecular flexibility index (Phi) is 5.40. The number of alkyl halides is 1. The molecule has 3 nitrogen and oxygen atoms in total. The average molecular weight is 311 g/mol. The highest BCUT2D eigenvalue weighted by Gasteiger charge is 2.15. The van der Waals surface area contributed by atoms with Crippen molar-refractivity contribution in [2.24, 2.45) is 0 Å². The predicted molar refractivity (Wildman–Crippen MR) is 84.5 cm³/mol. The minimum absolute atomic E-state index is 0.277. The van der Waals surface area contributed by atoms with Crippen LogP contribution in [0.1, 0.15) is 29.2 Å². The molecule has 2 aromatic rings. The van der Waals surface area contributed by atoms with Gasteiger partial charge >= 0.3 is 0 Å². The number of ether oxygens (including phenoxy) is 1. The third kappa shape index (κ3) is 3.72. The smallest absolute Gasteiger partial charge is 0.118 e. The fraction of sp³-hybridized carbons (Fsp3) is 0.400. The first-order valence-corrected chi connectivity index (χ1v) is 7.89. The van der Waals surface area contributed by atoms with Gasteiger partial charge in [0.25, 0.3) is 0 Å². The molecule has 1 aromatic heterocycles. The second kappa shape index (κ2) is 7.07. The molecule has 1 atom stereocenters. The number of thiazole rings is 1. The summed E-state index contributed by atoms with van der Waals surface area (Å²) in [7, 11) is 3.79. The van der Waals surface area contributed by atoms with Crippen molar-refractivity contribution in [2.75, 3.05) is 14.2 Å². The van der Waals surface area contributed by atoms with Crippen LogP contribution < -0.4 is 4.74 Å². The second-order valence-electron chi connectivity index (χ2n) is 4.75. The highest BCUT2D eigenvalue weighted by Crippen LogP contribution is 2.25.